The molecule has 0 N–H and O–H groups in total. The van der Waals surface area contributed by atoms with Gasteiger partial charge in [-0.3, -0.25) is 9.13 Å². The smallest absolute Gasteiger partial charge is 0.296 e. The number of aromatic nitrogens is 2. The Hall–Kier alpha value is -1.91. The number of hydrogen-bond acceptors (Lipinski definition) is 1. The second-order valence-corrected chi connectivity index (χ2v) is 4.92. The molecule has 0 atom stereocenters. The summed E-state index contributed by atoms with van der Waals surface area (Å²) in [4.78, 5) is 12.0. The molecule has 1 aliphatic rings. The van der Waals surface area contributed by atoms with E-state index in [4.69, 9.17) is 0 Å². The summed E-state index contributed by atoms with van der Waals surface area (Å²) in [5.74, 6) is -3.04. The number of rotatable bonds is 4. The van der Waals surface area contributed by atoms with Crippen molar-refractivity contribution < 1.29 is 8.78 Å². The molecule has 19 heavy (non-hydrogen) atoms. The molecule has 3 nitrogen and oxygen atoms in total. The molecule has 0 spiro atoms. The van der Waals surface area contributed by atoms with Crippen LogP contribution in [-0.4, -0.2) is 9.13 Å². The van der Waals surface area contributed by atoms with Gasteiger partial charge in [-0.05, 0) is 12.8 Å². The monoisotopic (exact) mass is 264 g/mol. The first kappa shape index (κ1) is 12.1. The van der Waals surface area contributed by atoms with Crippen LogP contribution in [0.3, 0.4) is 0 Å². The van der Waals surface area contributed by atoms with Gasteiger partial charge in [-0.2, -0.15) is 8.78 Å². The minimum atomic E-state index is -3.04. The predicted octanol–water partition coefficient (Wildman–Crippen LogP) is 2.78. The molecular formula is C14H14F2N2O. The first-order chi connectivity index (χ1) is 9.08. The van der Waals surface area contributed by atoms with Gasteiger partial charge < -0.3 is 0 Å². The summed E-state index contributed by atoms with van der Waals surface area (Å²) in [7, 11) is 0. The van der Waals surface area contributed by atoms with Crippen LogP contribution in [0.1, 0.15) is 24.4 Å². The van der Waals surface area contributed by atoms with Gasteiger partial charge >= 0.3 is 5.69 Å². The van der Waals surface area contributed by atoms with Crippen LogP contribution in [-0.2, 0) is 12.5 Å². The fraction of sp³-hybridized carbons (Fsp3) is 0.357. The Morgan fingerprint density at radius 3 is 2.47 bits per heavy atom. The molecule has 0 saturated heterocycles. The van der Waals surface area contributed by atoms with Crippen LogP contribution < -0.4 is 5.69 Å². The maximum Gasteiger partial charge on any atom is 0.328 e. The minimum Gasteiger partial charge on any atom is -0.296 e. The van der Waals surface area contributed by atoms with Crippen molar-refractivity contribution in [3.63, 3.8) is 0 Å². The van der Waals surface area contributed by atoms with Crippen molar-refractivity contribution in [1.82, 2.24) is 9.13 Å². The van der Waals surface area contributed by atoms with Crippen LogP contribution in [0.15, 0.2) is 47.5 Å². The molecule has 0 amide bonds. The lowest BCUT2D eigenvalue weighted by molar-refractivity contribution is -0.0232. The van der Waals surface area contributed by atoms with Gasteiger partial charge in [-0.1, -0.05) is 30.3 Å². The van der Waals surface area contributed by atoms with Gasteiger partial charge in [-0.25, -0.2) is 4.79 Å². The number of benzene rings is 1. The quantitative estimate of drug-likeness (QED) is 0.834. The van der Waals surface area contributed by atoms with E-state index in [-0.39, 0.29) is 17.3 Å². The van der Waals surface area contributed by atoms with Crippen LogP contribution in [0.25, 0.3) is 0 Å². The van der Waals surface area contributed by atoms with Gasteiger partial charge in [-0.15, -0.1) is 0 Å². The van der Waals surface area contributed by atoms with E-state index < -0.39 is 12.5 Å². The molecule has 1 heterocycles. The Kier molecular flexibility index (Phi) is 2.77. The van der Waals surface area contributed by atoms with Crippen LogP contribution in [0.2, 0.25) is 0 Å². The number of hydrogen-bond donors (Lipinski definition) is 0. The molecule has 1 aromatic carbocycles. The van der Waals surface area contributed by atoms with Crippen LogP contribution in [0.5, 0.6) is 0 Å². The molecule has 1 fully saturated rings. The summed E-state index contributed by atoms with van der Waals surface area (Å²) in [5, 5.41) is 0. The van der Waals surface area contributed by atoms with E-state index >= 15 is 0 Å². The molecule has 0 aliphatic heterocycles. The Balaban J connectivity index is 1.86. The third-order valence-corrected chi connectivity index (χ3v) is 3.38. The molecule has 1 saturated carbocycles. The molecular weight excluding hydrogens is 250 g/mol. The third-order valence-electron chi connectivity index (χ3n) is 3.38. The molecule has 0 radical (unpaired) electrons. The van der Waals surface area contributed by atoms with E-state index in [9.17, 15) is 13.6 Å². The minimum absolute atomic E-state index is 0.0685. The maximum absolute atomic E-state index is 14.1. The zero-order valence-electron chi connectivity index (χ0n) is 10.3. The molecule has 5 heteroatoms. The lowest BCUT2D eigenvalue weighted by Gasteiger charge is -2.16. The highest BCUT2D eigenvalue weighted by molar-refractivity contribution is 5.19. The molecule has 3 rings (SSSR count). The molecule has 1 aromatic heterocycles. The summed E-state index contributed by atoms with van der Waals surface area (Å²) >= 11 is 0. The Morgan fingerprint density at radius 2 is 1.84 bits per heavy atom. The summed E-state index contributed by atoms with van der Waals surface area (Å²) in [6, 6.07) is 7.79. The van der Waals surface area contributed by atoms with Gasteiger partial charge in [0, 0.05) is 24.0 Å². The molecule has 0 bridgehead atoms. The normalized spacial score (nSPS) is 15.7. The Morgan fingerprint density at radius 1 is 1.16 bits per heavy atom. The topological polar surface area (TPSA) is 26.9 Å². The lowest BCUT2D eigenvalue weighted by Crippen LogP contribution is -2.30. The maximum atomic E-state index is 14.1. The SMILES string of the molecule is O=c1n(CC(F)(F)c2ccccc2)ccn1C1CC1. The largest absolute Gasteiger partial charge is 0.328 e. The van der Waals surface area contributed by atoms with E-state index in [1.165, 1.54) is 18.3 Å². The first-order valence-corrected chi connectivity index (χ1v) is 6.28. The van der Waals surface area contributed by atoms with E-state index in [2.05, 4.69) is 0 Å². The summed E-state index contributed by atoms with van der Waals surface area (Å²) in [5.41, 5.74) is -0.417. The lowest BCUT2D eigenvalue weighted by atomic mass is 10.1. The number of alkyl halides is 2. The zero-order chi connectivity index (χ0) is 13.5. The van der Waals surface area contributed by atoms with Crippen molar-refractivity contribution in [2.75, 3.05) is 0 Å². The van der Waals surface area contributed by atoms with Crippen molar-refractivity contribution in [2.45, 2.75) is 31.4 Å². The van der Waals surface area contributed by atoms with Gasteiger partial charge in [0.1, 0.15) is 0 Å². The summed E-state index contributed by atoms with van der Waals surface area (Å²) in [6.07, 6.45) is 4.95. The van der Waals surface area contributed by atoms with Crippen LogP contribution in [0.4, 0.5) is 8.78 Å². The van der Waals surface area contributed by atoms with Gasteiger partial charge in [0.2, 0.25) is 0 Å². The highest BCUT2D eigenvalue weighted by atomic mass is 19.3. The van der Waals surface area contributed by atoms with E-state index in [0.717, 1.165) is 17.4 Å². The highest BCUT2D eigenvalue weighted by Crippen LogP contribution is 2.34. The van der Waals surface area contributed by atoms with Crippen molar-refractivity contribution in [3.8, 4) is 0 Å². The average molecular weight is 264 g/mol. The highest BCUT2D eigenvalue weighted by Gasteiger charge is 2.33. The zero-order valence-corrected chi connectivity index (χ0v) is 10.3. The van der Waals surface area contributed by atoms with Gasteiger partial charge in [0.15, 0.2) is 0 Å². The van der Waals surface area contributed by atoms with Gasteiger partial charge in [0.05, 0.1) is 6.54 Å². The van der Waals surface area contributed by atoms with Crippen LogP contribution in [0, 0.1) is 0 Å². The second-order valence-electron chi connectivity index (χ2n) is 4.92. The van der Waals surface area contributed by atoms with E-state index in [0.29, 0.717) is 0 Å². The molecule has 0 unspecified atom stereocenters. The van der Waals surface area contributed by atoms with Crippen molar-refractivity contribution >= 4 is 0 Å². The van der Waals surface area contributed by atoms with Gasteiger partial charge in [0.25, 0.3) is 5.92 Å². The molecule has 2 aromatic rings. The molecule has 100 valence electrons. The summed E-state index contributed by atoms with van der Waals surface area (Å²) < 4.78 is 30.8. The molecule has 1 aliphatic carbocycles. The number of imidazole rings is 1. The predicted molar refractivity (Wildman–Crippen MR) is 67.3 cm³/mol. The van der Waals surface area contributed by atoms with Crippen molar-refractivity contribution in [2.24, 2.45) is 0 Å². The van der Waals surface area contributed by atoms with Crippen molar-refractivity contribution in [1.29, 1.82) is 0 Å². The average Bonchev–Trinajstić information content (AvgIpc) is 3.18. The van der Waals surface area contributed by atoms with E-state index in [1.54, 1.807) is 29.0 Å². The fourth-order valence-corrected chi connectivity index (χ4v) is 2.17. The summed E-state index contributed by atoms with van der Waals surface area (Å²) in [6.45, 7) is -0.616. The first-order valence-electron chi connectivity index (χ1n) is 6.28. The van der Waals surface area contributed by atoms with Crippen molar-refractivity contribution in [3.05, 3.63) is 58.8 Å². The third kappa shape index (κ3) is 2.32. The number of halogens is 2. The Labute approximate surface area is 109 Å². The number of nitrogens with zero attached hydrogens (tertiary/aromatic N) is 2. The van der Waals surface area contributed by atoms with Crippen LogP contribution >= 0.6 is 0 Å². The standard InChI is InChI=1S/C14H14F2N2O/c15-14(16,11-4-2-1-3-5-11)10-17-8-9-18(13(17)19)12-6-7-12/h1-5,8-9,12H,6-7,10H2. The van der Waals surface area contributed by atoms with E-state index in [1.807, 2.05) is 0 Å². The second kappa shape index (κ2) is 4.33. The Bertz CT molecular complexity index is 626. The fourth-order valence-electron chi connectivity index (χ4n) is 2.17.